The molecule has 3 rings (SSSR count). The Morgan fingerprint density at radius 2 is 1.73 bits per heavy atom. The van der Waals surface area contributed by atoms with E-state index in [0.29, 0.717) is 17.1 Å². The average molecular weight is 349 g/mol. The molecule has 2 heterocycles. The largest absolute Gasteiger partial charge is 0.340 e. The van der Waals surface area contributed by atoms with E-state index in [1.54, 1.807) is 43.5 Å². The normalized spacial score (nSPS) is 12.8. The molecule has 0 aliphatic carbocycles. The van der Waals surface area contributed by atoms with Gasteiger partial charge < -0.3 is 10.6 Å². The number of hydrogen-bond donors (Lipinski definition) is 3. The predicted molar refractivity (Wildman–Crippen MR) is 97.2 cm³/mol. The Kier molecular flexibility index (Phi) is 5.38. The van der Waals surface area contributed by atoms with Gasteiger partial charge in [0.05, 0.1) is 17.8 Å². The fourth-order valence-corrected chi connectivity index (χ4v) is 2.51. The lowest BCUT2D eigenvalue weighted by atomic mass is 10.0. The Bertz CT molecular complexity index is 850. The second-order valence-electron chi connectivity index (χ2n) is 5.79. The fourth-order valence-electron chi connectivity index (χ4n) is 2.51. The van der Waals surface area contributed by atoms with Crippen LogP contribution in [0.25, 0.3) is 0 Å². The van der Waals surface area contributed by atoms with Gasteiger partial charge in [-0.3, -0.25) is 19.7 Å². The molecule has 1 aromatic carbocycles. The summed E-state index contributed by atoms with van der Waals surface area (Å²) >= 11 is 0. The minimum absolute atomic E-state index is 0.280. The maximum Gasteiger partial charge on any atom is 0.252 e. The highest BCUT2D eigenvalue weighted by Crippen LogP contribution is 2.18. The van der Waals surface area contributed by atoms with Gasteiger partial charge >= 0.3 is 0 Å². The van der Waals surface area contributed by atoms with E-state index >= 15 is 0 Å². The molecule has 132 valence electrons. The molecule has 0 spiro atoms. The first-order valence-electron chi connectivity index (χ1n) is 8.21. The van der Waals surface area contributed by atoms with E-state index in [4.69, 9.17) is 0 Å². The molecular formula is C19H19N5O2. The molecule has 2 aromatic heterocycles. The predicted octanol–water partition coefficient (Wildman–Crippen LogP) is 2.40. The maximum atomic E-state index is 12.7. The van der Waals surface area contributed by atoms with Crippen LogP contribution in [0.4, 0.5) is 5.82 Å². The third-order valence-corrected chi connectivity index (χ3v) is 3.97. The fraction of sp³-hybridized carbons (Fsp3) is 0.158. The highest BCUT2D eigenvalue weighted by atomic mass is 16.2. The lowest BCUT2D eigenvalue weighted by molar-refractivity contribution is -0.127. The van der Waals surface area contributed by atoms with Crippen LogP contribution in [0.3, 0.4) is 0 Å². The smallest absolute Gasteiger partial charge is 0.252 e. The van der Waals surface area contributed by atoms with E-state index in [1.807, 2.05) is 24.3 Å². The van der Waals surface area contributed by atoms with Gasteiger partial charge in [-0.15, -0.1) is 0 Å². The van der Waals surface area contributed by atoms with Crippen molar-refractivity contribution < 1.29 is 9.59 Å². The molecule has 0 aliphatic rings. The van der Waals surface area contributed by atoms with Crippen molar-refractivity contribution in [2.45, 2.75) is 18.9 Å². The van der Waals surface area contributed by atoms with E-state index < -0.39 is 12.0 Å². The minimum atomic E-state index is -0.835. The number of rotatable bonds is 6. The second-order valence-corrected chi connectivity index (χ2v) is 5.79. The summed E-state index contributed by atoms with van der Waals surface area (Å²) in [6, 6.07) is 15.3. The van der Waals surface area contributed by atoms with Gasteiger partial charge in [0, 0.05) is 12.3 Å². The molecule has 0 saturated heterocycles. The number of H-pyrrole nitrogens is 1. The third kappa shape index (κ3) is 4.13. The van der Waals surface area contributed by atoms with E-state index in [2.05, 4.69) is 25.8 Å². The van der Waals surface area contributed by atoms with Gasteiger partial charge in [0.25, 0.3) is 5.91 Å². The zero-order valence-corrected chi connectivity index (χ0v) is 14.2. The van der Waals surface area contributed by atoms with E-state index in [-0.39, 0.29) is 11.8 Å². The van der Waals surface area contributed by atoms with Crippen LogP contribution in [0.1, 0.15) is 30.1 Å². The lowest BCUT2D eigenvalue weighted by Gasteiger charge is -2.20. The van der Waals surface area contributed by atoms with Gasteiger partial charge in [-0.25, -0.2) is 0 Å². The topological polar surface area (TPSA) is 99.8 Å². The molecule has 3 aromatic rings. The number of pyridine rings is 1. The van der Waals surface area contributed by atoms with Crippen molar-refractivity contribution >= 4 is 17.6 Å². The highest BCUT2D eigenvalue weighted by Gasteiger charge is 2.26. The SMILES string of the molecule is CC(C(=O)NC(C(=O)Nc1ccn[nH]1)c1ccccc1)c1ccccn1. The van der Waals surface area contributed by atoms with Crippen molar-refractivity contribution in [1.29, 1.82) is 0 Å². The number of carbonyl (C=O) groups is 2. The number of carbonyl (C=O) groups excluding carboxylic acids is 2. The summed E-state index contributed by atoms with van der Waals surface area (Å²) in [4.78, 5) is 29.6. The van der Waals surface area contributed by atoms with Crippen LogP contribution in [0, 0.1) is 0 Å². The van der Waals surface area contributed by atoms with Crippen LogP contribution in [0.2, 0.25) is 0 Å². The molecule has 0 radical (unpaired) electrons. The molecule has 0 fully saturated rings. The quantitative estimate of drug-likeness (QED) is 0.636. The number of aromatic amines is 1. The van der Waals surface area contributed by atoms with Crippen molar-refractivity contribution in [3.8, 4) is 0 Å². The Morgan fingerprint density at radius 3 is 2.38 bits per heavy atom. The van der Waals surface area contributed by atoms with Crippen LogP contribution in [-0.4, -0.2) is 27.0 Å². The number of aromatic nitrogens is 3. The molecule has 0 bridgehead atoms. The van der Waals surface area contributed by atoms with Crippen LogP contribution < -0.4 is 10.6 Å². The zero-order valence-electron chi connectivity index (χ0n) is 14.2. The van der Waals surface area contributed by atoms with Crippen LogP contribution in [-0.2, 0) is 9.59 Å². The Balaban J connectivity index is 1.79. The number of benzene rings is 1. The summed E-state index contributed by atoms with van der Waals surface area (Å²) in [5.41, 5.74) is 1.33. The standard InChI is InChI=1S/C19H19N5O2/c1-13(15-9-5-6-11-20-15)18(25)23-17(14-7-3-2-4-8-14)19(26)22-16-10-12-21-24-16/h2-13,17H,1H3,(H,23,25)(H2,21,22,24,26). The third-order valence-electron chi connectivity index (χ3n) is 3.97. The molecule has 0 aliphatic heterocycles. The van der Waals surface area contributed by atoms with E-state index in [1.165, 1.54) is 6.20 Å². The molecule has 2 amide bonds. The van der Waals surface area contributed by atoms with Crippen LogP contribution in [0.5, 0.6) is 0 Å². The molecule has 7 heteroatoms. The van der Waals surface area contributed by atoms with Gasteiger partial charge in [-0.2, -0.15) is 5.10 Å². The molecule has 3 N–H and O–H groups in total. The van der Waals surface area contributed by atoms with Crippen molar-refractivity contribution in [3.05, 3.63) is 78.2 Å². The van der Waals surface area contributed by atoms with Gasteiger partial charge in [0.1, 0.15) is 11.9 Å². The Hall–Kier alpha value is -3.48. The number of anilines is 1. The van der Waals surface area contributed by atoms with Crippen molar-refractivity contribution in [3.63, 3.8) is 0 Å². The first-order valence-corrected chi connectivity index (χ1v) is 8.21. The van der Waals surface area contributed by atoms with Crippen molar-refractivity contribution in [2.75, 3.05) is 5.32 Å². The van der Waals surface area contributed by atoms with Crippen LogP contribution in [0.15, 0.2) is 67.0 Å². The summed E-state index contributed by atoms with van der Waals surface area (Å²) in [6.07, 6.45) is 3.17. The molecular weight excluding hydrogens is 330 g/mol. The van der Waals surface area contributed by atoms with Crippen molar-refractivity contribution in [1.82, 2.24) is 20.5 Å². The minimum Gasteiger partial charge on any atom is -0.340 e. The average Bonchev–Trinajstić information content (AvgIpc) is 3.19. The summed E-state index contributed by atoms with van der Waals surface area (Å²) in [5.74, 6) is -0.662. The highest BCUT2D eigenvalue weighted by molar-refractivity contribution is 5.98. The van der Waals surface area contributed by atoms with Crippen molar-refractivity contribution in [2.24, 2.45) is 0 Å². The summed E-state index contributed by atoms with van der Waals surface area (Å²) in [5, 5.41) is 12.0. The number of amides is 2. The summed E-state index contributed by atoms with van der Waals surface area (Å²) < 4.78 is 0. The maximum absolute atomic E-state index is 12.7. The summed E-state index contributed by atoms with van der Waals surface area (Å²) in [6.45, 7) is 1.76. The molecule has 2 unspecified atom stereocenters. The van der Waals surface area contributed by atoms with Gasteiger partial charge in [0.2, 0.25) is 5.91 Å². The summed E-state index contributed by atoms with van der Waals surface area (Å²) in [7, 11) is 0. The van der Waals surface area contributed by atoms with Gasteiger partial charge in [-0.1, -0.05) is 36.4 Å². The monoisotopic (exact) mass is 349 g/mol. The number of nitrogens with zero attached hydrogens (tertiary/aromatic N) is 2. The Morgan fingerprint density at radius 1 is 0.962 bits per heavy atom. The van der Waals surface area contributed by atoms with E-state index in [9.17, 15) is 9.59 Å². The first kappa shape index (κ1) is 17.3. The van der Waals surface area contributed by atoms with Gasteiger partial charge in [0.15, 0.2) is 0 Å². The number of nitrogens with one attached hydrogen (secondary N) is 3. The molecule has 0 saturated carbocycles. The molecule has 26 heavy (non-hydrogen) atoms. The van der Waals surface area contributed by atoms with Gasteiger partial charge in [-0.05, 0) is 24.6 Å². The molecule has 7 nitrogen and oxygen atoms in total. The lowest BCUT2D eigenvalue weighted by Crippen LogP contribution is -2.39. The first-order chi connectivity index (χ1) is 12.6. The molecule has 2 atom stereocenters. The van der Waals surface area contributed by atoms with Crippen LogP contribution >= 0.6 is 0 Å². The second kappa shape index (κ2) is 8.06. The number of hydrogen-bond acceptors (Lipinski definition) is 4. The zero-order chi connectivity index (χ0) is 18.4. The Labute approximate surface area is 150 Å². The van der Waals surface area contributed by atoms with E-state index in [0.717, 1.165) is 0 Å².